The first-order valence-corrected chi connectivity index (χ1v) is 8.13. The summed E-state index contributed by atoms with van der Waals surface area (Å²) in [6.07, 6.45) is -4.61. The highest BCUT2D eigenvalue weighted by Gasteiger charge is 2.31. The van der Waals surface area contributed by atoms with Crippen molar-refractivity contribution in [3.8, 4) is 0 Å². The van der Waals surface area contributed by atoms with Crippen molar-refractivity contribution in [2.24, 2.45) is 0 Å². The van der Waals surface area contributed by atoms with E-state index < -0.39 is 17.6 Å². The summed E-state index contributed by atoms with van der Waals surface area (Å²) < 4.78 is 51.4. The Bertz CT molecular complexity index is 804. The molecule has 144 valence electrons. The molecule has 0 atom stereocenters. The van der Waals surface area contributed by atoms with E-state index in [1.165, 1.54) is 43.3 Å². The maximum atomic E-state index is 12.8. The summed E-state index contributed by atoms with van der Waals surface area (Å²) >= 11 is 0. The Kier molecular flexibility index (Phi) is 6.55. The van der Waals surface area contributed by atoms with Crippen molar-refractivity contribution in [3.05, 3.63) is 65.5 Å². The number of benzene rings is 2. The van der Waals surface area contributed by atoms with Gasteiger partial charge in [0.05, 0.1) is 5.56 Å². The standard InChI is InChI=1S/C19H18F4N2O2/c1-13(26)25(17-4-2-3-15(11-17)19(21,22)23)10-9-18(27)24-12-14-5-7-16(20)8-6-14/h2-8,11H,9-10,12H2,1H3,(H,24,27). The summed E-state index contributed by atoms with van der Waals surface area (Å²) in [7, 11) is 0. The molecule has 1 N–H and O–H groups in total. The molecule has 2 rings (SSSR count). The van der Waals surface area contributed by atoms with Crippen LogP contribution in [0.5, 0.6) is 0 Å². The van der Waals surface area contributed by atoms with Crippen molar-refractivity contribution < 1.29 is 27.2 Å². The maximum Gasteiger partial charge on any atom is 0.416 e. The molecule has 0 heterocycles. The molecule has 0 bridgehead atoms. The number of hydrogen-bond acceptors (Lipinski definition) is 2. The quantitative estimate of drug-likeness (QED) is 0.771. The lowest BCUT2D eigenvalue weighted by atomic mass is 10.1. The first-order valence-electron chi connectivity index (χ1n) is 8.13. The SMILES string of the molecule is CC(=O)N(CCC(=O)NCc1ccc(F)cc1)c1cccc(C(F)(F)F)c1. The molecule has 8 heteroatoms. The molecule has 0 aliphatic rings. The summed E-state index contributed by atoms with van der Waals surface area (Å²) in [4.78, 5) is 24.9. The van der Waals surface area contributed by atoms with Gasteiger partial charge in [0.1, 0.15) is 5.82 Å². The van der Waals surface area contributed by atoms with Crippen LogP contribution in [0.25, 0.3) is 0 Å². The molecule has 0 spiro atoms. The zero-order chi connectivity index (χ0) is 20.0. The first-order chi connectivity index (χ1) is 12.7. The van der Waals surface area contributed by atoms with Crippen molar-refractivity contribution in [2.75, 3.05) is 11.4 Å². The number of nitrogens with one attached hydrogen (secondary N) is 1. The van der Waals surface area contributed by atoms with Crippen LogP contribution in [0.4, 0.5) is 23.2 Å². The van der Waals surface area contributed by atoms with Crippen LogP contribution in [0, 0.1) is 5.82 Å². The van der Waals surface area contributed by atoms with Crippen molar-refractivity contribution >= 4 is 17.5 Å². The van der Waals surface area contributed by atoms with Gasteiger partial charge in [0.15, 0.2) is 0 Å². The molecule has 0 aromatic heterocycles. The molecular weight excluding hydrogens is 364 g/mol. The Morgan fingerprint density at radius 2 is 1.74 bits per heavy atom. The lowest BCUT2D eigenvalue weighted by molar-refractivity contribution is -0.137. The molecular formula is C19H18F4N2O2. The van der Waals surface area contributed by atoms with E-state index in [2.05, 4.69) is 5.32 Å². The molecule has 2 aromatic rings. The molecule has 2 aromatic carbocycles. The third-order valence-electron chi connectivity index (χ3n) is 3.83. The second-order valence-corrected chi connectivity index (χ2v) is 5.87. The topological polar surface area (TPSA) is 49.4 Å². The van der Waals surface area contributed by atoms with Gasteiger partial charge in [-0.2, -0.15) is 13.2 Å². The van der Waals surface area contributed by atoms with Gasteiger partial charge in [-0.05, 0) is 35.9 Å². The second-order valence-electron chi connectivity index (χ2n) is 5.87. The molecule has 0 aliphatic carbocycles. The van der Waals surface area contributed by atoms with E-state index in [1.54, 1.807) is 0 Å². The van der Waals surface area contributed by atoms with E-state index in [0.29, 0.717) is 5.56 Å². The van der Waals surface area contributed by atoms with Crippen LogP contribution in [0.1, 0.15) is 24.5 Å². The smallest absolute Gasteiger partial charge is 0.352 e. The molecule has 0 radical (unpaired) electrons. The molecule has 0 unspecified atom stereocenters. The number of rotatable bonds is 6. The van der Waals surface area contributed by atoms with Gasteiger partial charge in [-0.25, -0.2) is 4.39 Å². The minimum atomic E-state index is -4.52. The number of carbonyl (C=O) groups is 2. The lowest BCUT2D eigenvalue weighted by Crippen LogP contribution is -2.33. The average molecular weight is 382 g/mol. The van der Waals surface area contributed by atoms with E-state index in [-0.39, 0.29) is 36.9 Å². The van der Waals surface area contributed by atoms with Gasteiger partial charge in [0, 0.05) is 32.1 Å². The van der Waals surface area contributed by atoms with Gasteiger partial charge < -0.3 is 10.2 Å². The molecule has 0 fully saturated rings. The number of amides is 2. The zero-order valence-corrected chi connectivity index (χ0v) is 14.5. The van der Waals surface area contributed by atoms with Gasteiger partial charge >= 0.3 is 6.18 Å². The number of halogens is 4. The fourth-order valence-electron chi connectivity index (χ4n) is 2.42. The van der Waals surface area contributed by atoms with E-state index in [4.69, 9.17) is 0 Å². The number of anilines is 1. The zero-order valence-electron chi connectivity index (χ0n) is 14.5. The molecule has 0 aliphatic heterocycles. The molecule has 2 amide bonds. The van der Waals surface area contributed by atoms with Crippen LogP contribution in [0.3, 0.4) is 0 Å². The number of nitrogens with zero attached hydrogens (tertiary/aromatic N) is 1. The third-order valence-corrected chi connectivity index (χ3v) is 3.83. The van der Waals surface area contributed by atoms with Crippen molar-refractivity contribution in [1.82, 2.24) is 5.32 Å². The Morgan fingerprint density at radius 3 is 2.33 bits per heavy atom. The number of carbonyl (C=O) groups excluding carboxylic acids is 2. The Morgan fingerprint density at radius 1 is 1.07 bits per heavy atom. The third kappa shape index (κ3) is 6.09. The van der Waals surface area contributed by atoms with Gasteiger partial charge in [-0.15, -0.1) is 0 Å². The van der Waals surface area contributed by atoms with Gasteiger partial charge in [-0.3, -0.25) is 9.59 Å². The average Bonchev–Trinajstić information content (AvgIpc) is 2.60. The molecule has 0 saturated heterocycles. The van der Waals surface area contributed by atoms with Gasteiger partial charge in [0.25, 0.3) is 0 Å². The van der Waals surface area contributed by atoms with E-state index in [0.717, 1.165) is 17.0 Å². The Balaban J connectivity index is 1.97. The van der Waals surface area contributed by atoms with E-state index in [9.17, 15) is 27.2 Å². The summed E-state index contributed by atoms with van der Waals surface area (Å²) in [6.45, 7) is 1.34. The van der Waals surface area contributed by atoms with Gasteiger partial charge in [-0.1, -0.05) is 18.2 Å². The molecule has 4 nitrogen and oxygen atoms in total. The first kappa shape index (κ1) is 20.4. The summed E-state index contributed by atoms with van der Waals surface area (Å²) in [6, 6.07) is 9.98. The monoisotopic (exact) mass is 382 g/mol. The normalized spacial score (nSPS) is 11.1. The van der Waals surface area contributed by atoms with Crippen LogP contribution >= 0.6 is 0 Å². The second kappa shape index (κ2) is 8.66. The minimum Gasteiger partial charge on any atom is -0.352 e. The molecule has 27 heavy (non-hydrogen) atoms. The van der Waals surface area contributed by atoms with Crippen LogP contribution in [0.15, 0.2) is 48.5 Å². The van der Waals surface area contributed by atoms with Crippen LogP contribution < -0.4 is 10.2 Å². The van der Waals surface area contributed by atoms with Crippen molar-refractivity contribution in [1.29, 1.82) is 0 Å². The summed E-state index contributed by atoms with van der Waals surface area (Å²) in [5, 5.41) is 2.62. The highest BCUT2D eigenvalue weighted by molar-refractivity contribution is 5.92. The predicted octanol–water partition coefficient (Wildman–Crippen LogP) is 3.90. The van der Waals surface area contributed by atoms with Crippen LogP contribution in [0.2, 0.25) is 0 Å². The van der Waals surface area contributed by atoms with Crippen LogP contribution in [-0.4, -0.2) is 18.4 Å². The summed E-state index contributed by atoms with van der Waals surface area (Å²) in [5.41, 5.74) is -0.0956. The van der Waals surface area contributed by atoms with Crippen molar-refractivity contribution in [2.45, 2.75) is 26.1 Å². The maximum absolute atomic E-state index is 12.8. The van der Waals surface area contributed by atoms with E-state index >= 15 is 0 Å². The lowest BCUT2D eigenvalue weighted by Gasteiger charge is -2.22. The predicted molar refractivity (Wildman–Crippen MR) is 92.3 cm³/mol. The fraction of sp³-hybridized carbons (Fsp3) is 0.263. The summed E-state index contributed by atoms with van der Waals surface area (Å²) in [5.74, 6) is -1.23. The van der Waals surface area contributed by atoms with E-state index in [1.807, 2.05) is 0 Å². The highest BCUT2D eigenvalue weighted by Crippen LogP contribution is 2.31. The molecule has 0 saturated carbocycles. The van der Waals surface area contributed by atoms with Crippen molar-refractivity contribution in [3.63, 3.8) is 0 Å². The largest absolute Gasteiger partial charge is 0.416 e. The Hall–Kier alpha value is -2.90. The fourth-order valence-corrected chi connectivity index (χ4v) is 2.42. The highest BCUT2D eigenvalue weighted by atomic mass is 19.4. The van der Waals surface area contributed by atoms with Crippen LogP contribution in [-0.2, 0) is 22.3 Å². The Labute approximate surface area is 153 Å². The minimum absolute atomic E-state index is 0.0636. The van der Waals surface area contributed by atoms with Gasteiger partial charge in [0.2, 0.25) is 11.8 Å². The number of alkyl halides is 3. The number of hydrogen-bond donors (Lipinski definition) is 1.